The topological polar surface area (TPSA) is 46.5 Å². The van der Waals surface area contributed by atoms with Gasteiger partial charge >= 0.3 is 0 Å². The molecule has 1 aromatic carbocycles. The Balaban J connectivity index is 1.97. The Morgan fingerprint density at radius 3 is 2.86 bits per heavy atom. The fraction of sp³-hybridized carbons (Fsp3) is 0.118. The minimum atomic E-state index is 0.821. The first-order valence-electron chi connectivity index (χ1n) is 7.04. The molecule has 0 saturated heterocycles. The largest absolute Gasteiger partial charge is 0.347 e. The van der Waals surface area contributed by atoms with Crippen LogP contribution in [0.3, 0.4) is 0 Å². The van der Waals surface area contributed by atoms with Gasteiger partial charge in [0.2, 0.25) is 0 Å². The maximum Gasteiger partial charge on any atom is 0.156 e. The van der Waals surface area contributed by atoms with Crippen molar-refractivity contribution in [2.45, 2.75) is 13.0 Å². The molecule has 103 valence electrons. The lowest BCUT2D eigenvalue weighted by Crippen LogP contribution is -1.93. The zero-order valence-corrected chi connectivity index (χ0v) is 11.6. The number of nitrogens with one attached hydrogen (secondary N) is 1. The molecule has 0 bridgehead atoms. The SMILES string of the molecule is [CH2]CCn1cc(-c2cc3nccnc3[nH]2)c2ccccc21. The van der Waals surface area contributed by atoms with Crippen LogP contribution in [-0.4, -0.2) is 19.5 Å². The second-order valence-electron chi connectivity index (χ2n) is 5.08. The van der Waals surface area contributed by atoms with Crippen molar-refractivity contribution in [2.75, 3.05) is 0 Å². The van der Waals surface area contributed by atoms with Gasteiger partial charge in [0, 0.05) is 41.6 Å². The van der Waals surface area contributed by atoms with Gasteiger partial charge in [-0.1, -0.05) is 25.1 Å². The maximum atomic E-state index is 4.34. The summed E-state index contributed by atoms with van der Waals surface area (Å²) in [5, 5.41) is 1.23. The molecule has 0 fully saturated rings. The smallest absolute Gasteiger partial charge is 0.156 e. The highest BCUT2D eigenvalue weighted by Crippen LogP contribution is 2.31. The maximum absolute atomic E-state index is 4.34. The van der Waals surface area contributed by atoms with Gasteiger partial charge in [0.15, 0.2) is 5.65 Å². The van der Waals surface area contributed by atoms with Crippen LogP contribution in [0.15, 0.2) is 48.9 Å². The number of aromatic amines is 1. The predicted molar refractivity (Wildman–Crippen MR) is 84.8 cm³/mol. The van der Waals surface area contributed by atoms with Crippen LogP contribution in [0.5, 0.6) is 0 Å². The van der Waals surface area contributed by atoms with E-state index in [1.54, 1.807) is 12.4 Å². The molecule has 4 nitrogen and oxygen atoms in total. The molecule has 3 heterocycles. The molecule has 0 saturated carbocycles. The highest BCUT2D eigenvalue weighted by molar-refractivity contribution is 5.97. The van der Waals surface area contributed by atoms with Crippen LogP contribution in [0.25, 0.3) is 33.3 Å². The van der Waals surface area contributed by atoms with Crippen LogP contribution in [0, 0.1) is 6.92 Å². The third-order valence-electron chi connectivity index (χ3n) is 3.74. The second-order valence-corrected chi connectivity index (χ2v) is 5.08. The van der Waals surface area contributed by atoms with Gasteiger partial charge in [-0.15, -0.1) is 0 Å². The van der Waals surface area contributed by atoms with Crippen LogP contribution in [-0.2, 0) is 6.54 Å². The lowest BCUT2D eigenvalue weighted by atomic mass is 10.1. The fourth-order valence-electron chi connectivity index (χ4n) is 2.81. The third-order valence-corrected chi connectivity index (χ3v) is 3.74. The van der Waals surface area contributed by atoms with Gasteiger partial charge in [-0.3, -0.25) is 4.98 Å². The van der Waals surface area contributed by atoms with Crippen LogP contribution in [0.2, 0.25) is 0 Å². The molecule has 0 aliphatic heterocycles. The Bertz CT molecular complexity index is 884. The molecule has 4 aromatic rings. The molecule has 0 aliphatic rings. The van der Waals surface area contributed by atoms with Gasteiger partial charge in [-0.2, -0.15) is 0 Å². The van der Waals surface area contributed by atoms with E-state index < -0.39 is 0 Å². The summed E-state index contributed by atoms with van der Waals surface area (Å²) in [6.07, 6.45) is 6.47. The minimum Gasteiger partial charge on any atom is -0.347 e. The summed E-state index contributed by atoms with van der Waals surface area (Å²) in [6, 6.07) is 10.5. The molecule has 0 unspecified atom stereocenters. The number of aryl methyl sites for hydroxylation is 1. The van der Waals surface area contributed by atoms with E-state index in [0.717, 1.165) is 29.8 Å². The molecule has 0 aliphatic carbocycles. The second kappa shape index (κ2) is 4.74. The van der Waals surface area contributed by atoms with Crippen LogP contribution < -0.4 is 0 Å². The number of nitrogens with zero attached hydrogens (tertiary/aromatic N) is 3. The quantitative estimate of drug-likeness (QED) is 0.618. The van der Waals surface area contributed by atoms with Crippen molar-refractivity contribution < 1.29 is 0 Å². The van der Waals surface area contributed by atoms with Crippen molar-refractivity contribution in [1.29, 1.82) is 0 Å². The number of benzene rings is 1. The summed E-state index contributed by atoms with van der Waals surface area (Å²) in [7, 11) is 0. The van der Waals surface area contributed by atoms with Gasteiger partial charge in [-0.05, 0) is 18.6 Å². The zero-order valence-electron chi connectivity index (χ0n) is 11.6. The van der Waals surface area contributed by atoms with E-state index in [-0.39, 0.29) is 0 Å². The van der Waals surface area contributed by atoms with Crippen molar-refractivity contribution in [3.63, 3.8) is 0 Å². The number of para-hydroxylation sites is 1. The van der Waals surface area contributed by atoms with Gasteiger partial charge in [-0.25, -0.2) is 4.98 Å². The fourth-order valence-corrected chi connectivity index (χ4v) is 2.81. The predicted octanol–water partition coefficient (Wildman–Crippen LogP) is 3.80. The molecule has 4 rings (SSSR count). The van der Waals surface area contributed by atoms with E-state index in [4.69, 9.17) is 0 Å². The Morgan fingerprint density at radius 2 is 2.00 bits per heavy atom. The summed E-state index contributed by atoms with van der Waals surface area (Å²) < 4.78 is 2.25. The third kappa shape index (κ3) is 1.91. The zero-order chi connectivity index (χ0) is 14.2. The molecule has 0 spiro atoms. The Labute approximate surface area is 122 Å². The highest BCUT2D eigenvalue weighted by Gasteiger charge is 2.12. The van der Waals surface area contributed by atoms with Crippen molar-refractivity contribution in [3.05, 3.63) is 55.8 Å². The van der Waals surface area contributed by atoms with Gasteiger partial charge in [0.1, 0.15) is 5.52 Å². The summed E-state index contributed by atoms with van der Waals surface area (Å²) in [4.78, 5) is 12.0. The molecular formula is C17H15N4. The van der Waals surface area contributed by atoms with E-state index in [1.165, 1.54) is 16.5 Å². The summed E-state index contributed by atoms with van der Waals surface area (Å²) in [5.74, 6) is 0. The van der Waals surface area contributed by atoms with Gasteiger partial charge in [0.05, 0.1) is 5.69 Å². The molecular weight excluding hydrogens is 260 g/mol. The number of hydrogen-bond acceptors (Lipinski definition) is 2. The Hall–Kier alpha value is -2.62. The van der Waals surface area contributed by atoms with E-state index in [2.05, 4.69) is 63.0 Å². The Kier molecular flexibility index (Phi) is 2.74. The molecule has 0 atom stereocenters. The number of rotatable bonds is 3. The summed E-state index contributed by atoms with van der Waals surface area (Å²) in [6.45, 7) is 4.87. The van der Waals surface area contributed by atoms with Crippen molar-refractivity contribution >= 4 is 22.1 Å². The number of fused-ring (bicyclic) bond motifs is 2. The molecule has 1 radical (unpaired) electrons. The van der Waals surface area contributed by atoms with Crippen LogP contribution in [0.1, 0.15) is 6.42 Å². The first-order valence-corrected chi connectivity index (χ1v) is 7.04. The first-order chi connectivity index (χ1) is 10.4. The van der Waals surface area contributed by atoms with E-state index in [0.29, 0.717) is 0 Å². The molecule has 21 heavy (non-hydrogen) atoms. The lowest BCUT2D eigenvalue weighted by Gasteiger charge is -2.00. The van der Waals surface area contributed by atoms with Crippen molar-refractivity contribution in [2.24, 2.45) is 0 Å². The minimum absolute atomic E-state index is 0.821. The molecule has 1 N–H and O–H groups in total. The highest BCUT2D eigenvalue weighted by atomic mass is 15.0. The normalized spacial score (nSPS) is 11.5. The number of H-pyrrole nitrogens is 1. The summed E-state index contributed by atoms with van der Waals surface area (Å²) in [5.41, 5.74) is 5.17. The average molecular weight is 275 g/mol. The van der Waals surface area contributed by atoms with Crippen molar-refractivity contribution in [1.82, 2.24) is 19.5 Å². The Morgan fingerprint density at radius 1 is 1.14 bits per heavy atom. The van der Waals surface area contributed by atoms with E-state index in [1.807, 2.05) is 0 Å². The lowest BCUT2D eigenvalue weighted by molar-refractivity contribution is 0.737. The van der Waals surface area contributed by atoms with Crippen molar-refractivity contribution in [3.8, 4) is 11.3 Å². The molecule has 3 aromatic heterocycles. The molecule has 4 heteroatoms. The average Bonchev–Trinajstić information content (AvgIpc) is 3.09. The van der Waals surface area contributed by atoms with Crippen LogP contribution in [0.4, 0.5) is 0 Å². The molecule has 0 amide bonds. The van der Waals surface area contributed by atoms with Gasteiger partial charge in [0.25, 0.3) is 0 Å². The first kappa shape index (κ1) is 12.1. The standard InChI is InChI=1S/C17H15N4/c1-2-9-21-11-13(12-5-3-4-6-16(12)21)14-10-15-17(20-14)19-8-7-18-15/h3-8,10-11H,1-2,9H2,(H,19,20). The van der Waals surface area contributed by atoms with E-state index in [9.17, 15) is 0 Å². The van der Waals surface area contributed by atoms with Gasteiger partial charge < -0.3 is 9.55 Å². The summed E-state index contributed by atoms with van der Waals surface area (Å²) >= 11 is 0. The number of hydrogen-bond donors (Lipinski definition) is 1. The number of aromatic nitrogens is 4. The van der Waals surface area contributed by atoms with E-state index >= 15 is 0 Å². The monoisotopic (exact) mass is 275 g/mol. The van der Waals surface area contributed by atoms with Crippen LogP contribution >= 0.6 is 0 Å².